The van der Waals surface area contributed by atoms with Crippen LogP contribution in [0.4, 0.5) is 0 Å². The third-order valence-electron chi connectivity index (χ3n) is 6.24. The van der Waals surface area contributed by atoms with Gasteiger partial charge in [0.2, 0.25) is 0 Å². The largest absolute Gasteiger partial charge is 0.477 e. The molecule has 0 aliphatic heterocycles. The number of carboxylic acid groups (broad SMARTS) is 1. The zero-order chi connectivity index (χ0) is 22.7. The summed E-state index contributed by atoms with van der Waals surface area (Å²) in [7, 11) is 0. The van der Waals surface area contributed by atoms with Gasteiger partial charge in [0.05, 0.1) is 0 Å². The molecule has 32 heavy (non-hydrogen) atoms. The minimum Gasteiger partial charge on any atom is -0.477 e. The first kappa shape index (κ1) is 21.8. The molecule has 164 valence electrons. The molecule has 4 aromatic rings. The highest BCUT2D eigenvalue weighted by atomic mass is 16.4. The van der Waals surface area contributed by atoms with Gasteiger partial charge in [0.25, 0.3) is 0 Å². The molecule has 1 unspecified atom stereocenters. The summed E-state index contributed by atoms with van der Waals surface area (Å²) in [5, 5.41) is 14.7. The van der Waals surface area contributed by atoms with E-state index >= 15 is 0 Å². The van der Waals surface area contributed by atoms with Crippen LogP contribution in [0.1, 0.15) is 51.1 Å². The standard InChI is InChI=1S/C28H30N2O2/c1-19-13-14-24-25(17-29-16-21(3)22-10-5-4-6-11-22)27(28(31)32)30(26(24)15-19)18-23-12-8-7-9-20(23)2/h4-15,21,29H,16-18H2,1-3H3,(H,31,32). The Kier molecular flexibility index (Phi) is 6.42. The summed E-state index contributed by atoms with van der Waals surface area (Å²) in [5.74, 6) is -0.549. The van der Waals surface area contributed by atoms with Gasteiger partial charge in [-0.3, -0.25) is 0 Å². The number of rotatable bonds is 8. The van der Waals surface area contributed by atoms with E-state index in [0.717, 1.165) is 39.7 Å². The molecule has 4 nitrogen and oxygen atoms in total. The maximum atomic E-state index is 12.4. The molecule has 0 spiro atoms. The molecule has 1 atom stereocenters. The molecule has 1 heterocycles. The van der Waals surface area contributed by atoms with Crippen molar-refractivity contribution < 1.29 is 9.90 Å². The summed E-state index contributed by atoms with van der Waals surface area (Å²) >= 11 is 0. The molecule has 4 rings (SSSR count). The second kappa shape index (κ2) is 9.41. The molecule has 3 aromatic carbocycles. The number of aryl methyl sites for hydroxylation is 2. The number of aromatic carboxylic acids is 1. The summed E-state index contributed by atoms with van der Waals surface area (Å²) in [6, 6.07) is 24.8. The lowest BCUT2D eigenvalue weighted by atomic mass is 10.0. The lowest BCUT2D eigenvalue weighted by Crippen LogP contribution is -2.21. The Hall–Kier alpha value is -3.37. The van der Waals surface area contributed by atoms with E-state index in [1.165, 1.54) is 5.56 Å². The highest BCUT2D eigenvalue weighted by molar-refractivity contribution is 5.98. The van der Waals surface area contributed by atoms with E-state index in [1.807, 2.05) is 29.7 Å². The van der Waals surface area contributed by atoms with Gasteiger partial charge in [0, 0.05) is 36.1 Å². The van der Waals surface area contributed by atoms with Crippen molar-refractivity contribution in [3.05, 3.63) is 106 Å². The molecule has 2 N–H and O–H groups in total. The normalized spacial score (nSPS) is 12.2. The van der Waals surface area contributed by atoms with Crippen LogP contribution in [0.15, 0.2) is 72.8 Å². The number of nitrogens with one attached hydrogen (secondary N) is 1. The molecule has 0 saturated carbocycles. The van der Waals surface area contributed by atoms with Crippen molar-refractivity contribution in [2.24, 2.45) is 0 Å². The maximum absolute atomic E-state index is 12.4. The zero-order valence-corrected chi connectivity index (χ0v) is 18.9. The van der Waals surface area contributed by atoms with Crippen LogP contribution >= 0.6 is 0 Å². The van der Waals surface area contributed by atoms with Gasteiger partial charge in [-0.05, 0) is 48.1 Å². The number of hydrogen-bond acceptors (Lipinski definition) is 2. The molecule has 0 amide bonds. The Morgan fingerprint density at radius 1 is 1.00 bits per heavy atom. The first-order valence-corrected chi connectivity index (χ1v) is 11.1. The number of nitrogens with zero attached hydrogens (tertiary/aromatic N) is 1. The average molecular weight is 427 g/mol. The molecule has 0 aliphatic carbocycles. The molecular formula is C28H30N2O2. The fraction of sp³-hybridized carbons (Fsp3) is 0.250. The summed E-state index contributed by atoms with van der Waals surface area (Å²) in [6.45, 7) is 8.13. The number of fused-ring (bicyclic) bond motifs is 1. The van der Waals surface area contributed by atoms with E-state index in [4.69, 9.17) is 0 Å². The minimum atomic E-state index is -0.889. The van der Waals surface area contributed by atoms with Gasteiger partial charge in [-0.15, -0.1) is 0 Å². The van der Waals surface area contributed by atoms with E-state index < -0.39 is 5.97 Å². The van der Waals surface area contributed by atoms with Gasteiger partial charge in [0.1, 0.15) is 5.69 Å². The van der Waals surface area contributed by atoms with Gasteiger partial charge < -0.3 is 15.0 Å². The SMILES string of the molecule is Cc1ccc2c(CNCC(C)c3ccccc3)c(C(=O)O)n(Cc3ccccc3C)c2c1. The third-order valence-corrected chi connectivity index (χ3v) is 6.24. The zero-order valence-electron chi connectivity index (χ0n) is 18.9. The van der Waals surface area contributed by atoms with Gasteiger partial charge in [-0.2, -0.15) is 0 Å². The fourth-order valence-electron chi connectivity index (χ4n) is 4.39. The van der Waals surface area contributed by atoms with Crippen LogP contribution in [0.2, 0.25) is 0 Å². The van der Waals surface area contributed by atoms with Crippen LogP contribution in [-0.4, -0.2) is 22.2 Å². The first-order chi connectivity index (χ1) is 15.5. The number of benzene rings is 3. The summed E-state index contributed by atoms with van der Waals surface area (Å²) in [4.78, 5) is 12.4. The van der Waals surface area contributed by atoms with Crippen molar-refractivity contribution in [3.63, 3.8) is 0 Å². The molecule has 4 heteroatoms. The van der Waals surface area contributed by atoms with Crippen molar-refractivity contribution in [2.75, 3.05) is 6.54 Å². The quantitative estimate of drug-likeness (QED) is 0.369. The van der Waals surface area contributed by atoms with Gasteiger partial charge in [-0.1, -0.05) is 73.7 Å². The third kappa shape index (κ3) is 4.46. The van der Waals surface area contributed by atoms with Crippen LogP contribution in [0.5, 0.6) is 0 Å². The Bertz CT molecular complexity index is 1240. The maximum Gasteiger partial charge on any atom is 0.352 e. The summed E-state index contributed by atoms with van der Waals surface area (Å²) < 4.78 is 1.96. The van der Waals surface area contributed by atoms with Crippen molar-refractivity contribution in [1.29, 1.82) is 0 Å². The van der Waals surface area contributed by atoms with Gasteiger partial charge in [0.15, 0.2) is 0 Å². The molecule has 0 fully saturated rings. The number of carbonyl (C=O) groups is 1. The Balaban J connectivity index is 1.69. The Morgan fingerprint density at radius 2 is 1.72 bits per heavy atom. The van der Waals surface area contributed by atoms with Crippen LogP contribution in [0, 0.1) is 13.8 Å². The van der Waals surface area contributed by atoms with Crippen LogP contribution in [0.25, 0.3) is 10.9 Å². The van der Waals surface area contributed by atoms with E-state index in [0.29, 0.717) is 24.7 Å². The van der Waals surface area contributed by atoms with Crippen LogP contribution < -0.4 is 5.32 Å². The molecule has 0 saturated heterocycles. The predicted molar refractivity (Wildman–Crippen MR) is 130 cm³/mol. The number of carboxylic acids is 1. The molecular weight excluding hydrogens is 396 g/mol. The van der Waals surface area contributed by atoms with Crippen molar-refractivity contribution in [3.8, 4) is 0 Å². The Labute approximate surface area is 189 Å². The van der Waals surface area contributed by atoms with Crippen molar-refractivity contribution >= 4 is 16.9 Å². The Morgan fingerprint density at radius 3 is 2.44 bits per heavy atom. The monoisotopic (exact) mass is 426 g/mol. The molecule has 0 radical (unpaired) electrons. The van der Waals surface area contributed by atoms with Gasteiger partial charge >= 0.3 is 5.97 Å². The molecule has 0 aliphatic rings. The minimum absolute atomic E-state index is 0.340. The molecule has 1 aromatic heterocycles. The summed E-state index contributed by atoms with van der Waals surface area (Å²) in [5.41, 5.74) is 6.88. The van der Waals surface area contributed by atoms with E-state index in [9.17, 15) is 9.90 Å². The second-order valence-electron chi connectivity index (χ2n) is 8.61. The lowest BCUT2D eigenvalue weighted by molar-refractivity contribution is 0.0684. The first-order valence-electron chi connectivity index (χ1n) is 11.1. The number of aromatic nitrogens is 1. The van der Waals surface area contributed by atoms with E-state index in [-0.39, 0.29) is 0 Å². The fourth-order valence-corrected chi connectivity index (χ4v) is 4.39. The topological polar surface area (TPSA) is 54.3 Å². The highest BCUT2D eigenvalue weighted by Gasteiger charge is 2.23. The van der Waals surface area contributed by atoms with E-state index in [2.05, 4.69) is 73.8 Å². The average Bonchev–Trinajstić information content (AvgIpc) is 3.08. The van der Waals surface area contributed by atoms with Gasteiger partial charge in [-0.25, -0.2) is 4.79 Å². The molecule has 0 bridgehead atoms. The predicted octanol–water partition coefficient (Wildman–Crippen LogP) is 5.90. The van der Waals surface area contributed by atoms with Crippen LogP contribution in [0.3, 0.4) is 0 Å². The summed E-state index contributed by atoms with van der Waals surface area (Å²) in [6.07, 6.45) is 0. The lowest BCUT2D eigenvalue weighted by Gasteiger charge is -2.14. The van der Waals surface area contributed by atoms with E-state index in [1.54, 1.807) is 0 Å². The van der Waals surface area contributed by atoms with Crippen molar-refractivity contribution in [2.45, 2.75) is 39.8 Å². The van der Waals surface area contributed by atoms with Crippen LogP contribution in [-0.2, 0) is 13.1 Å². The smallest absolute Gasteiger partial charge is 0.352 e. The van der Waals surface area contributed by atoms with Crippen molar-refractivity contribution in [1.82, 2.24) is 9.88 Å². The second-order valence-corrected chi connectivity index (χ2v) is 8.61. The number of hydrogen-bond donors (Lipinski definition) is 2. The highest BCUT2D eigenvalue weighted by Crippen LogP contribution is 2.29.